The zero-order valence-corrected chi connectivity index (χ0v) is 11.9. The molecule has 0 aliphatic carbocycles. The lowest BCUT2D eigenvalue weighted by atomic mass is 10.1. The first kappa shape index (κ1) is 15.1. The van der Waals surface area contributed by atoms with Gasteiger partial charge in [-0.2, -0.15) is 0 Å². The molecule has 104 valence electrons. The number of hydrogen-bond acceptors (Lipinski definition) is 3. The predicted molar refractivity (Wildman–Crippen MR) is 76.9 cm³/mol. The summed E-state index contributed by atoms with van der Waals surface area (Å²) in [4.78, 5) is 4.51. The molecule has 0 bridgehead atoms. The molecule has 2 N–H and O–H groups in total. The normalized spacial score (nSPS) is 11.2. The quantitative estimate of drug-likeness (QED) is 0.463. The SMILES string of the molecule is C#CCNC(=NCc1c(CC)noc1CC)NCC. The highest BCUT2D eigenvalue weighted by Crippen LogP contribution is 2.16. The summed E-state index contributed by atoms with van der Waals surface area (Å²) >= 11 is 0. The van der Waals surface area contributed by atoms with E-state index in [0.717, 1.165) is 36.4 Å². The van der Waals surface area contributed by atoms with Gasteiger partial charge in [0, 0.05) is 18.5 Å². The molecule has 1 heterocycles. The molecular weight excluding hydrogens is 240 g/mol. The summed E-state index contributed by atoms with van der Waals surface area (Å²) in [6, 6.07) is 0. The Morgan fingerprint density at radius 2 is 2.11 bits per heavy atom. The van der Waals surface area contributed by atoms with Crippen LogP contribution >= 0.6 is 0 Å². The van der Waals surface area contributed by atoms with E-state index < -0.39 is 0 Å². The van der Waals surface area contributed by atoms with E-state index in [1.54, 1.807) is 0 Å². The maximum atomic E-state index is 5.32. The highest BCUT2D eigenvalue weighted by Gasteiger charge is 2.12. The van der Waals surface area contributed by atoms with Crippen LogP contribution < -0.4 is 10.6 Å². The number of rotatable bonds is 6. The van der Waals surface area contributed by atoms with Crippen molar-refractivity contribution in [3.05, 3.63) is 17.0 Å². The standard InChI is InChI=1S/C14H22N4O/c1-5-9-16-14(15-8-4)17-10-11-12(6-2)18-19-13(11)7-3/h1H,6-10H2,2-4H3,(H2,15,16,17). The van der Waals surface area contributed by atoms with E-state index in [1.807, 2.05) is 6.92 Å². The zero-order chi connectivity index (χ0) is 14.1. The van der Waals surface area contributed by atoms with Crippen LogP contribution in [0.2, 0.25) is 0 Å². The molecule has 0 aromatic carbocycles. The van der Waals surface area contributed by atoms with E-state index in [9.17, 15) is 0 Å². The van der Waals surface area contributed by atoms with Gasteiger partial charge in [-0.05, 0) is 13.3 Å². The molecule has 0 saturated heterocycles. The Morgan fingerprint density at radius 1 is 1.32 bits per heavy atom. The molecule has 1 aromatic rings. The Kier molecular flexibility index (Phi) is 6.51. The van der Waals surface area contributed by atoms with Crippen molar-refractivity contribution in [2.45, 2.75) is 40.2 Å². The largest absolute Gasteiger partial charge is 0.361 e. The second-order valence-corrected chi connectivity index (χ2v) is 3.99. The molecule has 0 saturated carbocycles. The molecule has 0 fully saturated rings. The van der Waals surface area contributed by atoms with Crippen LogP contribution in [0.15, 0.2) is 9.52 Å². The molecule has 19 heavy (non-hydrogen) atoms. The summed E-state index contributed by atoms with van der Waals surface area (Å²) in [5.74, 6) is 4.16. The van der Waals surface area contributed by atoms with Crippen LogP contribution in [-0.4, -0.2) is 24.2 Å². The number of aryl methyl sites for hydroxylation is 2. The molecule has 5 nitrogen and oxygen atoms in total. The minimum Gasteiger partial charge on any atom is -0.361 e. The minimum absolute atomic E-state index is 0.455. The van der Waals surface area contributed by atoms with Gasteiger partial charge in [0.2, 0.25) is 0 Å². The summed E-state index contributed by atoms with van der Waals surface area (Å²) in [5.41, 5.74) is 2.07. The van der Waals surface area contributed by atoms with Crippen LogP contribution in [0.1, 0.15) is 37.8 Å². The Bertz CT molecular complexity index is 435. The van der Waals surface area contributed by atoms with Crippen LogP contribution in [0, 0.1) is 12.3 Å². The van der Waals surface area contributed by atoms with Gasteiger partial charge in [-0.1, -0.05) is 24.9 Å². The Hall–Kier alpha value is -1.96. The van der Waals surface area contributed by atoms with Crippen LogP contribution in [0.4, 0.5) is 0 Å². The number of nitrogens with one attached hydrogen (secondary N) is 2. The molecule has 0 aliphatic rings. The smallest absolute Gasteiger partial charge is 0.192 e. The fraction of sp³-hybridized carbons (Fsp3) is 0.571. The van der Waals surface area contributed by atoms with E-state index in [-0.39, 0.29) is 0 Å². The van der Waals surface area contributed by atoms with Crippen molar-refractivity contribution in [3.63, 3.8) is 0 Å². The Morgan fingerprint density at radius 3 is 2.68 bits per heavy atom. The Balaban J connectivity index is 2.81. The van der Waals surface area contributed by atoms with E-state index in [1.165, 1.54) is 0 Å². The van der Waals surface area contributed by atoms with Gasteiger partial charge in [0.25, 0.3) is 0 Å². The van der Waals surface area contributed by atoms with E-state index in [4.69, 9.17) is 10.9 Å². The molecule has 1 aromatic heterocycles. The van der Waals surface area contributed by atoms with Gasteiger partial charge in [0.15, 0.2) is 5.96 Å². The molecule has 0 atom stereocenters. The first-order valence-electron chi connectivity index (χ1n) is 6.68. The molecule has 5 heteroatoms. The third-order valence-corrected chi connectivity index (χ3v) is 2.70. The molecule has 0 radical (unpaired) electrons. The van der Waals surface area contributed by atoms with E-state index in [0.29, 0.717) is 19.0 Å². The van der Waals surface area contributed by atoms with Crippen LogP contribution in [0.25, 0.3) is 0 Å². The fourth-order valence-electron chi connectivity index (χ4n) is 1.75. The summed E-state index contributed by atoms with van der Waals surface area (Å²) < 4.78 is 5.32. The van der Waals surface area contributed by atoms with Gasteiger partial charge in [-0.25, -0.2) is 4.99 Å². The lowest BCUT2D eigenvalue weighted by Crippen LogP contribution is -2.37. The van der Waals surface area contributed by atoms with Crippen LogP contribution in [0.3, 0.4) is 0 Å². The van der Waals surface area contributed by atoms with E-state index in [2.05, 4.69) is 40.6 Å². The summed E-state index contributed by atoms with van der Waals surface area (Å²) in [5, 5.41) is 10.3. The van der Waals surface area contributed by atoms with Gasteiger partial charge < -0.3 is 15.2 Å². The molecular formula is C14H22N4O. The topological polar surface area (TPSA) is 62.5 Å². The zero-order valence-electron chi connectivity index (χ0n) is 11.9. The first-order valence-corrected chi connectivity index (χ1v) is 6.68. The van der Waals surface area contributed by atoms with Gasteiger partial charge in [0.1, 0.15) is 5.76 Å². The van der Waals surface area contributed by atoms with Crippen molar-refractivity contribution in [1.29, 1.82) is 0 Å². The average molecular weight is 262 g/mol. The lowest BCUT2D eigenvalue weighted by Gasteiger charge is -2.08. The number of aromatic nitrogens is 1. The first-order chi connectivity index (χ1) is 9.26. The summed E-state index contributed by atoms with van der Waals surface area (Å²) in [6.45, 7) is 7.93. The summed E-state index contributed by atoms with van der Waals surface area (Å²) in [7, 11) is 0. The van der Waals surface area contributed by atoms with Crippen LogP contribution in [-0.2, 0) is 19.4 Å². The molecule has 0 aliphatic heterocycles. The number of aliphatic imine (C=N–C) groups is 1. The number of guanidine groups is 1. The third kappa shape index (κ3) is 4.32. The molecule has 0 amide bonds. The van der Waals surface area contributed by atoms with Gasteiger partial charge >= 0.3 is 0 Å². The van der Waals surface area contributed by atoms with Crippen molar-refractivity contribution < 1.29 is 4.52 Å². The molecule has 0 unspecified atom stereocenters. The highest BCUT2D eigenvalue weighted by molar-refractivity contribution is 5.80. The number of hydrogen-bond donors (Lipinski definition) is 2. The van der Waals surface area contributed by atoms with Crippen molar-refractivity contribution in [2.75, 3.05) is 13.1 Å². The lowest BCUT2D eigenvalue weighted by molar-refractivity contribution is 0.380. The average Bonchev–Trinajstić information content (AvgIpc) is 2.83. The van der Waals surface area contributed by atoms with Gasteiger partial charge in [0.05, 0.1) is 18.8 Å². The highest BCUT2D eigenvalue weighted by atomic mass is 16.5. The van der Waals surface area contributed by atoms with Crippen molar-refractivity contribution in [3.8, 4) is 12.3 Å². The fourth-order valence-corrected chi connectivity index (χ4v) is 1.75. The maximum Gasteiger partial charge on any atom is 0.192 e. The summed E-state index contributed by atoms with van der Waals surface area (Å²) in [6.07, 6.45) is 6.91. The van der Waals surface area contributed by atoms with Gasteiger partial charge in [-0.3, -0.25) is 0 Å². The Labute approximate surface area is 114 Å². The van der Waals surface area contributed by atoms with Gasteiger partial charge in [-0.15, -0.1) is 6.42 Å². The maximum absolute atomic E-state index is 5.32. The monoisotopic (exact) mass is 262 g/mol. The molecule has 1 rings (SSSR count). The second kappa shape index (κ2) is 8.20. The minimum atomic E-state index is 0.455. The third-order valence-electron chi connectivity index (χ3n) is 2.70. The van der Waals surface area contributed by atoms with E-state index >= 15 is 0 Å². The van der Waals surface area contributed by atoms with Crippen LogP contribution in [0.5, 0.6) is 0 Å². The van der Waals surface area contributed by atoms with Crippen molar-refractivity contribution in [1.82, 2.24) is 15.8 Å². The molecule has 0 spiro atoms. The van der Waals surface area contributed by atoms with Crippen molar-refractivity contribution >= 4 is 5.96 Å². The number of terminal acetylenes is 1. The van der Waals surface area contributed by atoms with Crippen molar-refractivity contribution in [2.24, 2.45) is 4.99 Å². The second-order valence-electron chi connectivity index (χ2n) is 3.99. The number of nitrogens with zero attached hydrogens (tertiary/aromatic N) is 2. The predicted octanol–water partition coefficient (Wildman–Crippen LogP) is 1.49.